The number of nitrogens with two attached hydrogens (primary N) is 1. The minimum atomic E-state index is 0.235. The highest BCUT2D eigenvalue weighted by Gasteiger charge is 2.03. The predicted molar refractivity (Wildman–Crippen MR) is 61.0 cm³/mol. The Kier molecular flexibility index (Phi) is 2.76. The summed E-state index contributed by atoms with van der Waals surface area (Å²) in [6.45, 7) is 4.40. The lowest BCUT2D eigenvalue weighted by molar-refractivity contribution is 0.294. The number of hydrogen-bond acceptors (Lipinski definition) is 4. The molecule has 0 aliphatic rings. The fourth-order valence-corrected chi connectivity index (χ4v) is 1.48. The molecule has 0 bridgehead atoms. The molecule has 5 nitrogen and oxygen atoms in total. The molecule has 0 saturated heterocycles. The van der Waals surface area contributed by atoms with Crippen LogP contribution in [0.1, 0.15) is 17.0 Å². The van der Waals surface area contributed by atoms with Crippen LogP contribution in [0, 0.1) is 13.8 Å². The molecule has 0 saturated carbocycles. The van der Waals surface area contributed by atoms with Gasteiger partial charge in [-0.1, -0.05) is 17.7 Å². The van der Waals surface area contributed by atoms with Crippen molar-refractivity contribution < 1.29 is 4.74 Å². The number of ether oxygens (including phenoxy) is 1. The van der Waals surface area contributed by atoms with Gasteiger partial charge in [-0.2, -0.15) is 4.98 Å². The third-order valence-electron chi connectivity index (χ3n) is 2.24. The van der Waals surface area contributed by atoms with E-state index in [1.54, 1.807) is 0 Å². The van der Waals surface area contributed by atoms with Gasteiger partial charge in [0.1, 0.15) is 12.4 Å². The molecular weight excluding hydrogens is 204 g/mol. The number of hydrogen-bond donors (Lipinski definition) is 2. The van der Waals surface area contributed by atoms with E-state index in [0.29, 0.717) is 12.4 Å². The molecule has 3 N–H and O–H groups in total. The second-order valence-corrected chi connectivity index (χ2v) is 3.70. The summed E-state index contributed by atoms with van der Waals surface area (Å²) in [5.74, 6) is 1.71. The van der Waals surface area contributed by atoms with E-state index in [4.69, 9.17) is 10.5 Å². The van der Waals surface area contributed by atoms with Crippen LogP contribution < -0.4 is 10.5 Å². The number of nitrogens with zero attached hydrogens (tertiary/aromatic N) is 2. The quantitative estimate of drug-likeness (QED) is 0.820. The van der Waals surface area contributed by atoms with Crippen molar-refractivity contribution in [1.82, 2.24) is 15.2 Å². The highest BCUT2D eigenvalue weighted by atomic mass is 16.5. The fraction of sp³-hybridized carbons (Fsp3) is 0.273. The summed E-state index contributed by atoms with van der Waals surface area (Å²) in [6, 6.07) is 6.03. The summed E-state index contributed by atoms with van der Waals surface area (Å²) in [5, 5.41) is 6.42. The summed E-state index contributed by atoms with van der Waals surface area (Å²) in [6.07, 6.45) is 0. The number of rotatable bonds is 3. The topological polar surface area (TPSA) is 76.8 Å². The molecule has 1 aromatic heterocycles. The Morgan fingerprint density at radius 2 is 2.19 bits per heavy atom. The molecule has 1 aromatic carbocycles. The van der Waals surface area contributed by atoms with Crippen LogP contribution in [-0.2, 0) is 6.61 Å². The minimum Gasteiger partial charge on any atom is -0.485 e. The Morgan fingerprint density at radius 1 is 1.38 bits per heavy atom. The van der Waals surface area contributed by atoms with Gasteiger partial charge in [0.05, 0.1) is 0 Å². The van der Waals surface area contributed by atoms with Crippen LogP contribution in [0.15, 0.2) is 18.2 Å². The molecule has 0 aliphatic carbocycles. The van der Waals surface area contributed by atoms with E-state index in [2.05, 4.69) is 21.2 Å². The third kappa shape index (κ3) is 2.31. The molecule has 0 amide bonds. The van der Waals surface area contributed by atoms with E-state index in [1.807, 2.05) is 26.0 Å². The summed E-state index contributed by atoms with van der Waals surface area (Å²) >= 11 is 0. The van der Waals surface area contributed by atoms with E-state index >= 15 is 0 Å². The van der Waals surface area contributed by atoms with Gasteiger partial charge in [0.2, 0.25) is 5.95 Å². The van der Waals surface area contributed by atoms with E-state index < -0.39 is 0 Å². The zero-order valence-electron chi connectivity index (χ0n) is 9.32. The van der Waals surface area contributed by atoms with Gasteiger partial charge in [0, 0.05) is 0 Å². The normalized spacial score (nSPS) is 10.4. The van der Waals surface area contributed by atoms with E-state index in [-0.39, 0.29) is 5.95 Å². The van der Waals surface area contributed by atoms with Crippen LogP contribution >= 0.6 is 0 Å². The first kappa shape index (κ1) is 10.5. The van der Waals surface area contributed by atoms with Gasteiger partial charge in [-0.25, -0.2) is 0 Å². The molecule has 2 aromatic rings. The lowest BCUT2D eigenvalue weighted by atomic mass is 10.1. The Balaban J connectivity index is 2.04. The maximum absolute atomic E-state index is 5.60. The van der Waals surface area contributed by atoms with E-state index in [0.717, 1.165) is 11.3 Å². The zero-order valence-corrected chi connectivity index (χ0v) is 9.32. The Labute approximate surface area is 93.7 Å². The molecule has 84 valence electrons. The average molecular weight is 218 g/mol. The van der Waals surface area contributed by atoms with Crippen molar-refractivity contribution in [3.8, 4) is 5.75 Å². The van der Waals surface area contributed by atoms with Gasteiger partial charge in [-0.05, 0) is 25.5 Å². The van der Waals surface area contributed by atoms with Crippen LogP contribution in [0.25, 0.3) is 0 Å². The van der Waals surface area contributed by atoms with Crippen molar-refractivity contribution in [2.75, 3.05) is 5.73 Å². The summed E-state index contributed by atoms with van der Waals surface area (Å²) in [5.41, 5.74) is 7.71. The van der Waals surface area contributed by atoms with Crippen LogP contribution in [0.2, 0.25) is 0 Å². The molecule has 5 heteroatoms. The zero-order chi connectivity index (χ0) is 11.5. The number of nitrogen functional groups attached to an aromatic ring is 1. The van der Waals surface area contributed by atoms with Gasteiger partial charge in [0.15, 0.2) is 5.82 Å². The van der Waals surface area contributed by atoms with Crippen molar-refractivity contribution in [3.05, 3.63) is 35.2 Å². The average Bonchev–Trinajstić information content (AvgIpc) is 2.63. The van der Waals surface area contributed by atoms with Crippen LogP contribution in [-0.4, -0.2) is 15.2 Å². The van der Waals surface area contributed by atoms with E-state index in [1.165, 1.54) is 5.56 Å². The number of anilines is 1. The molecule has 0 atom stereocenters. The first-order valence-electron chi connectivity index (χ1n) is 5.02. The second kappa shape index (κ2) is 4.22. The Hall–Kier alpha value is -2.04. The van der Waals surface area contributed by atoms with E-state index in [9.17, 15) is 0 Å². The third-order valence-corrected chi connectivity index (χ3v) is 2.24. The maximum Gasteiger partial charge on any atom is 0.239 e. The standard InChI is InChI=1S/C11H14N4O/c1-7-3-4-9(8(2)5-7)16-6-10-13-11(12)15-14-10/h3-5H,6H2,1-2H3,(H3,12,13,14,15). The van der Waals surface area contributed by atoms with Gasteiger partial charge < -0.3 is 10.5 Å². The first-order valence-corrected chi connectivity index (χ1v) is 5.02. The SMILES string of the molecule is Cc1ccc(OCc2nc(N)n[nH]2)c(C)c1. The largest absolute Gasteiger partial charge is 0.485 e. The number of aromatic amines is 1. The first-order chi connectivity index (χ1) is 7.65. The molecule has 16 heavy (non-hydrogen) atoms. The monoisotopic (exact) mass is 218 g/mol. The van der Waals surface area contributed by atoms with Gasteiger partial charge in [0.25, 0.3) is 0 Å². The van der Waals surface area contributed by atoms with Crippen molar-refractivity contribution >= 4 is 5.95 Å². The maximum atomic E-state index is 5.60. The summed E-state index contributed by atoms with van der Waals surface area (Å²) < 4.78 is 5.60. The van der Waals surface area contributed by atoms with Gasteiger partial charge in [-0.15, -0.1) is 5.10 Å². The molecular formula is C11H14N4O. The molecule has 0 unspecified atom stereocenters. The second-order valence-electron chi connectivity index (χ2n) is 3.70. The van der Waals surface area contributed by atoms with Crippen molar-refractivity contribution in [2.45, 2.75) is 20.5 Å². The molecule has 0 spiro atoms. The minimum absolute atomic E-state index is 0.235. The number of benzene rings is 1. The van der Waals surface area contributed by atoms with Crippen LogP contribution in [0.4, 0.5) is 5.95 Å². The number of aryl methyl sites for hydroxylation is 2. The van der Waals surface area contributed by atoms with Crippen LogP contribution in [0.3, 0.4) is 0 Å². The lowest BCUT2D eigenvalue weighted by Crippen LogP contribution is -1.99. The molecule has 2 rings (SSSR count). The predicted octanol–water partition coefficient (Wildman–Crippen LogP) is 1.58. The molecule has 0 fully saturated rings. The molecule has 0 aliphatic heterocycles. The lowest BCUT2D eigenvalue weighted by Gasteiger charge is -2.07. The molecule has 0 radical (unpaired) electrons. The summed E-state index contributed by atoms with van der Waals surface area (Å²) in [7, 11) is 0. The van der Waals surface area contributed by atoms with Crippen molar-refractivity contribution in [1.29, 1.82) is 0 Å². The Bertz CT molecular complexity index is 492. The number of H-pyrrole nitrogens is 1. The number of nitrogens with one attached hydrogen (secondary N) is 1. The highest BCUT2D eigenvalue weighted by molar-refractivity contribution is 5.35. The molecule has 1 heterocycles. The smallest absolute Gasteiger partial charge is 0.239 e. The van der Waals surface area contributed by atoms with Gasteiger partial charge >= 0.3 is 0 Å². The number of aromatic nitrogens is 3. The summed E-state index contributed by atoms with van der Waals surface area (Å²) in [4.78, 5) is 3.96. The highest BCUT2D eigenvalue weighted by Crippen LogP contribution is 2.19. The fourth-order valence-electron chi connectivity index (χ4n) is 1.48. The van der Waals surface area contributed by atoms with Crippen LogP contribution in [0.5, 0.6) is 5.75 Å². The van der Waals surface area contributed by atoms with Crippen molar-refractivity contribution in [2.24, 2.45) is 0 Å². The van der Waals surface area contributed by atoms with Gasteiger partial charge in [-0.3, -0.25) is 5.10 Å². The van der Waals surface area contributed by atoms with Crippen molar-refractivity contribution in [3.63, 3.8) is 0 Å². The Morgan fingerprint density at radius 3 is 2.81 bits per heavy atom.